The Labute approximate surface area is 113 Å². The second-order valence-corrected chi connectivity index (χ2v) is 5.46. The Bertz CT molecular complexity index is 536. The molecule has 1 aromatic rings. The monoisotopic (exact) mass is 286 g/mol. The molecule has 2 heterocycles. The number of ether oxygens (including phenoxy) is 2. The predicted octanol–water partition coefficient (Wildman–Crippen LogP) is 3.30. The van der Waals surface area contributed by atoms with Crippen molar-refractivity contribution >= 4 is 22.6 Å². The van der Waals surface area contributed by atoms with Gasteiger partial charge in [-0.3, -0.25) is 4.99 Å². The Hall–Kier alpha value is -1.50. The van der Waals surface area contributed by atoms with E-state index in [4.69, 9.17) is 0 Å². The number of thioether (sulfide) groups is 1. The lowest BCUT2D eigenvalue weighted by molar-refractivity contribution is -0.286. The summed E-state index contributed by atoms with van der Waals surface area (Å²) in [5, 5.41) is 3.90. The number of hydrogen-bond acceptors (Lipinski definition) is 5. The van der Waals surface area contributed by atoms with E-state index in [9.17, 15) is 8.78 Å². The maximum absolute atomic E-state index is 12.9. The Morgan fingerprint density at radius 3 is 2.95 bits per heavy atom. The molecule has 0 fully saturated rings. The van der Waals surface area contributed by atoms with Crippen molar-refractivity contribution in [1.82, 2.24) is 0 Å². The van der Waals surface area contributed by atoms with Crippen molar-refractivity contribution < 1.29 is 18.3 Å². The first-order valence-electron chi connectivity index (χ1n) is 5.89. The van der Waals surface area contributed by atoms with Crippen LogP contribution in [0.25, 0.3) is 0 Å². The van der Waals surface area contributed by atoms with Crippen molar-refractivity contribution in [3.05, 3.63) is 18.2 Å². The largest absolute Gasteiger partial charge is 0.586 e. The van der Waals surface area contributed by atoms with Crippen LogP contribution in [0.3, 0.4) is 0 Å². The van der Waals surface area contributed by atoms with Crippen molar-refractivity contribution in [2.75, 3.05) is 11.1 Å². The molecule has 1 atom stereocenters. The minimum absolute atomic E-state index is 0.0319. The van der Waals surface area contributed by atoms with Gasteiger partial charge in [-0.05, 0) is 25.5 Å². The van der Waals surface area contributed by atoms with Crippen LogP contribution in [-0.4, -0.2) is 23.3 Å². The normalized spacial score (nSPS) is 23.9. The molecule has 2 aliphatic rings. The van der Waals surface area contributed by atoms with E-state index in [0.717, 1.165) is 17.3 Å². The highest BCUT2D eigenvalue weighted by Crippen LogP contribution is 2.42. The minimum Gasteiger partial charge on any atom is -0.395 e. The zero-order chi connectivity index (χ0) is 13.5. The Balaban J connectivity index is 1.77. The number of halogens is 2. The number of amidine groups is 1. The molecule has 0 bridgehead atoms. The van der Waals surface area contributed by atoms with Gasteiger partial charge in [-0.25, -0.2) is 0 Å². The molecule has 0 saturated carbocycles. The van der Waals surface area contributed by atoms with Gasteiger partial charge in [-0.15, -0.1) is 8.78 Å². The highest BCUT2D eigenvalue weighted by molar-refractivity contribution is 8.14. The minimum atomic E-state index is -3.58. The highest BCUT2D eigenvalue weighted by atomic mass is 32.2. The van der Waals surface area contributed by atoms with E-state index >= 15 is 0 Å². The maximum Gasteiger partial charge on any atom is 0.586 e. The number of anilines is 1. The molecular weight excluding hydrogens is 274 g/mol. The number of aliphatic imine (C=N–C) groups is 1. The van der Waals surface area contributed by atoms with E-state index < -0.39 is 6.29 Å². The molecule has 1 aromatic carbocycles. The number of fused-ring (bicyclic) bond motifs is 1. The summed E-state index contributed by atoms with van der Waals surface area (Å²) in [6.45, 7) is 2.04. The number of benzene rings is 1. The quantitative estimate of drug-likeness (QED) is 0.860. The number of alkyl halides is 2. The first-order valence-corrected chi connectivity index (χ1v) is 6.88. The average Bonchev–Trinajstić information content (AvgIpc) is 2.62. The summed E-state index contributed by atoms with van der Waals surface area (Å²) < 4.78 is 34.5. The van der Waals surface area contributed by atoms with Crippen molar-refractivity contribution in [1.29, 1.82) is 0 Å². The third-order valence-electron chi connectivity index (χ3n) is 2.76. The van der Waals surface area contributed by atoms with E-state index in [-0.39, 0.29) is 17.5 Å². The van der Waals surface area contributed by atoms with Gasteiger partial charge in [0.05, 0.1) is 6.04 Å². The van der Waals surface area contributed by atoms with Crippen LogP contribution in [0.15, 0.2) is 23.2 Å². The highest BCUT2D eigenvalue weighted by Gasteiger charge is 2.43. The van der Waals surface area contributed by atoms with Gasteiger partial charge in [-0.1, -0.05) is 11.8 Å². The molecule has 4 nitrogen and oxygen atoms in total. The second-order valence-electron chi connectivity index (χ2n) is 4.37. The van der Waals surface area contributed by atoms with E-state index in [1.54, 1.807) is 17.8 Å². The van der Waals surface area contributed by atoms with Crippen LogP contribution >= 0.6 is 11.8 Å². The van der Waals surface area contributed by atoms with Crippen LogP contribution in [0.1, 0.15) is 13.3 Å². The molecule has 19 heavy (non-hydrogen) atoms. The van der Waals surface area contributed by atoms with Crippen LogP contribution in [0.2, 0.25) is 0 Å². The zero-order valence-electron chi connectivity index (χ0n) is 10.2. The van der Waals surface area contributed by atoms with Crippen LogP contribution in [0, 0.1) is 0 Å². The summed E-state index contributed by atoms with van der Waals surface area (Å²) in [7, 11) is 0. The van der Waals surface area contributed by atoms with Gasteiger partial charge in [0.2, 0.25) is 0 Å². The third kappa shape index (κ3) is 2.75. The molecule has 2 aliphatic heterocycles. The van der Waals surface area contributed by atoms with E-state index in [1.165, 1.54) is 12.1 Å². The molecule has 3 rings (SSSR count). The molecule has 0 spiro atoms. The van der Waals surface area contributed by atoms with Gasteiger partial charge in [0.15, 0.2) is 16.7 Å². The van der Waals surface area contributed by atoms with Gasteiger partial charge >= 0.3 is 6.29 Å². The summed E-state index contributed by atoms with van der Waals surface area (Å²) in [4.78, 5) is 4.45. The molecule has 0 amide bonds. The topological polar surface area (TPSA) is 42.8 Å². The average molecular weight is 286 g/mol. The maximum atomic E-state index is 12.9. The fourth-order valence-corrected chi connectivity index (χ4v) is 2.94. The SMILES string of the molecule is CC1CCSC(Nc2ccc3c(c2)OC(F)(F)O3)=N1. The molecule has 0 aromatic heterocycles. The van der Waals surface area contributed by atoms with Crippen molar-refractivity contribution in [3.63, 3.8) is 0 Å². The van der Waals surface area contributed by atoms with Gasteiger partial charge < -0.3 is 14.8 Å². The van der Waals surface area contributed by atoms with Gasteiger partial charge in [0.25, 0.3) is 0 Å². The number of hydrogen-bond donors (Lipinski definition) is 1. The summed E-state index contributed by atoms with van der Waals surface area (Å²) in [6, 6.07) is 4.88. The van der Waals surface area contributed by atoms with Gasteiger partial charge in [-0.2, -0.15) is 0 Å². The first kappa shape index (κ1) is 12.5. The molecule has 0 saturated heterocycles. The van der Waals surface area contributed by atoms with E-state index in [0.29, 0.717) is 5.69 Å². The molecule has 102 valence electrons. The Morgan fingerprint density at radius 2 is 2.16 bits per heavy atom. The molecule has 0 radical (unpaired) electrons. The standard InChI is InChI=1S/C12H12F2N2O2S/c1-7-4-5-19-11(15-7)16-8-2-3-9-10(6-8)18-12(13,14)17-9/h2-3,6-7H,4-5H2,1H3,(H,15,16). The van der Waals surface area contributed by atoms with Crippen LogP contribution < -0.4 is 14.8 Å². The van der Waals surface area contributed by atoms with Gasteiger partial charge in [0.1, 0.15) is 0 Å². The lowest BCUT2D eigenvalue weighted by atomic mass is 10.3. The summed E-state index contributed by atoms with van der Waals surface area (Å²) in [5.74, 6) is 1.07. The zero-order valence-corrected chi connectivity index (χ0v) is 11.0. The van der Waals surface area contributed by atoms with Gasteiger partial charge in [0, 0.05) is 17.5 Å². The molecule has 1 N–H and O–H groups in total. The molecule has 7 heteroatoms. The van der Waals surface area contributed by atoms with Crippen molar-refractivity contribution in [2.45, 2.75) is 25.7 Å². The smallest absolute Gasteiger partial charge is 0.395 e. The lowest BCUT2D eigenvalue weighted by Crippen LogP contribution is -2.25. The molecular formula is C12H12F2N2O2S. The lowest BCUT2D eigenvalue weighted by Gasteiger charge is -2.17. The summed E-state index contributed by atoms with van der Waals surface area (Å²) >= 11 is 1.61. The number of rotatable bonds is 1. The van der Waals surface area contributed by atoms with Crippen molar-refractivity contribution in [2.24, 2.45) is 4.99 Å². The Kier molecular flexibility index (Phi) is 3.00. The first-order chi connectivity index (χ1) is 9.02. The fraction of sp³-hybridized carbons (Fsp3) is 0.417. The number of nitrogens with zero attached hydrogens (tertiary/aromatic N) is 1. The second kappa shape index (κ2) is 4.56. The fourth-order valence-electron chi connectivity index (χ4n) is 1.85. The van der Waals surface area contributed by atoms with Crippen molar-refractivity contribution in [3.8, 4) is 11.5 Å². The van der Waals surface area contributed by atoms with Crippen LogP contribution in [-0.2, 0) is 0 Å². The van der Waals surface area contributed by atoms with Crippen LogP contribution in [0.5, 0.6) is 11.5 Å². The molecule has 0 aliphatic carbocycles. The van der Waals surface area contributed by atoms with Crippen LogP contribution in [0.4, 0.5) is 14.5 Å². The van der Waals surface area contributed by atoms with E-state index in [1.807, 2.05) is 6.92 Å². The molecule has 1 unspecified atom stereocenters. The number of nitrogens with one attached hydrogen (secondary N) is 1. The Morgan fingerprint density at radius 1 is 1.37 bits per heavy atom. The predicted molar refractivity (Wildman–Crippen MR) is 70.2 cm³/mol. The summed E-state index contributed by atoms with van der Waals surface area (Å²) in [5.41, 5.74) is 0.653. The summed E-state index contributed by atoms with van der Waals surface area (Å²) in [6.07, 6.45) is -2.53. The van der Waals surface area contributed by atoms with E-state index in [2.05, 4.69) is 19.8 Å². The third-order valence-corrected chi connectivity index (χ3v) is 3.69.